The van der Waals surface area contributed by atoms with Crippen LogP contribution >= 0.6 is 0 Å². The topological polar surface area (TPSA) is 29.3 Å². The smallest absolute Gasteiger partial charge is 0.123 e. The second-order valence-electron chi connectivity index (χ2n) is 6.41. The Hall–Kier alpha value is -0.930. The molecule has 2 nitrogen and oxygen atoms in total. The minimum Gasteiger partial charge on any atom is -0.320 e. The van der Waals surface area contributed by atoms with E-state index in [1.54, 1.807) is 0 Å². The number of benzene rings is 1. The molecular formula is C17H29FN2. The minimum absolute atomic E-state index is 0.211. The van der Waals surface area contributed by atoms with Gasteiger partial charge in [-0.1, -0.05) is 39.3 Å². The van der Waals surface area contributed by atoms with Crippen molar-refractivity contribution >= 4 is 0 Å². The Balaban J connectivity index is 3.22. The molecule has 0 aliphatic carbocycles. The Bertz CT molecular complexity index is 400. The van der Waals surface area contributed by atoms with Gasteiger partial charge in [-0.15, -0.1) is 0 Å². The maximum absolute atomic E-state index is 13.2. The van der Waals surface area contributed by atoms with Crippen LogP contribution in [-0.2, 0) is 5.54 Å². The lowest BCUT2D eigenvalue weighted by molar-refractivity contribution is 0.142. The summed E-state index contributed by atoms with van der Waals surface area (Å²) in [5.74, 6) is 0.280. The highest BCUT2D eigenvalue weighted by molar-refractivity contribution is 5.27. The van der Waals surface area contributed by atoms with E-state index in [-0.39, 0.29) is 11.9 Å². The summed E-state index contributed by atoms with van der Waals surface area (Å²) in [6, 6.07) is 6.94. The van der Waals surface area contributed by atoms with Gasteiger partial charge in [-0.05, 0) is 50.6 Å². The van der Waals surface area contributed by atoms with Gasteiger partial charge in [0.15, 0.2) is 0 Å². The van der Waals surface area contributed by atoms with E-state index in [0.29, 0.717) is 5.92 Å². The standard InChI is InChI=1S/C17H29FN2/c1-6-7-16(20(4)5)17(19,12-13(2)3)14-8-10-15(18)11-9-14/h8-11,13,16H,6-7,12,19H2,1-5H3. The van der Waals surface area contributed by atoms with Gasteiger partial charge in [0, 0.05) is 6.04 Å². The molecule has 20 heavy (non-hydrogen) atoms. The zero-order valence-electron chi connectivity index (χ0n) is 13.5. The first-order valence-electron chi connectivity index (χ1n) is 7.52. The van der Waals surface area contributed by atoms with Crippen LogP contribution in [0.5, 0.6) is 0 Å². The van der Waals surface area contributed by atoms with E-state index in [9.17, 15) is 4.39 Å². The molecule has 0 spiro atoms. The lowest BCUT2D eigenvalue weighted by Crippen LogP contribution is -2.54. The van der Waals surface area contributed by atoms with E-state index in [1.165, 1.54) is 12.1 Å². The zero-order chi connectivity index (χ0) is 15.3. The van der Waals surface area contributed by atoms with Crippen LogP contribution in [0.2, 0.25) is 0 Å². The first kappa shape index (κ1) is 17.1. The predicted octanol–water partition coefficient (Wildman–Crippen LogP) is 3.76. The van der Waals surface area contributed by atoms with Gasteiger partial charge in [-0.2, -0.15) is 0 Å². The number of hydrogen-bond acceptors (Lipinski definition) is 2. The molecular weight excluding hydrogens is 251 g/mol. The quantitative estimate of drug-likeness (QED) is 0.824. The lowest BCUT2D eigenvalue weighted by Gasteiger charge is -2.43. The third-order valence-corrected chi connectivity index (χ3v) is 3.91. The van der Waals surface area contributed by atoms with Crippen molar-refractivity contribution in [3.63, 3.8) is 0 Å². The van der Waals surface area contributed by atoms with Crippen molar-refractivity contribution in [2.45, 2.75) is 51.6 Å². The average molecular weight is 280 g/mol. The molecule has 0 aromatic heterocycles. The molecule has 0 aliphatic rings. The SMILES string of the molecule is CCCC(N(C)C)C(N)(CC(C)C)c1ccc(F)cc1. The monoisotopic (exact) mass is 280 g/mol. The Morgan fingerprint density at radius 3 is 2.15 bits per heavy atom. The second-order valence-corrected chi connectivity index (χ2v) is 6.41. The van der Waals surface area contributed by atoms with Crippen LogP contribution in [0.3, 0.4) is 0 Å². The Morgan fingerprint density at radius 1 is 1.20 bits per heavy atom. The number of likely N-dealkylation sites (N-methyl/N-ethyl adjacent to an activating group) is 1. The van der Waals surface area contributed by atoms with E-state index in [0.717, 1.165) is 24.8 Å². The highest BCUT2D eigenvalue weighted by Gasteiger charge is 2.37. The van der Waals surface area contributed by atoms with Gasteiger partial charge in [0.25, 0.3) is 0 Å². The molecule has 2 atom stereocenters. The first-order valence-corrected chi connectivity index (χ1v) is 7.52. The van der Waals surface area contributed by atoms with Gasteiger partial charge in [-0.25, -0.2) is 4.39 Å². The van der Waals surface area contributed by atoms with E-state index < -0.39 is 5.54 Å². The van der Waals surface area contributed by atoms with Crippen molar-refractivity contribution < 1.29 is 4.39 Å². The van der Waals surface area contributed by atoms with Crippen molar-refractivity contribution in [2.24, 2.45) is 11.7 Å². The molecule has 0 amide bonds. The summed E-state index contributed by atoms with van der Waals surface area (Å²) in [5, 5.41) is 0. The van der Waals surface area contributed by atoms with Crippen LogP contribution < -0.4 is 5.73 Å². The maximum Gasteiger partial charge on any atom is 0.123 e. The van der Waals surface area contributed by atoms with Crippen LogP contribution in [-0.4, -0.2) is 25.0 Å². The molecule has 0 saturated heterocycles. The van der Waals surface area contributed by atoms with E-state index in [4.69, 9.17) is 5.73 Å². The summed E-state index contributed by atoms with van der Waals surface area (Å²) in [6.45, 7) is 6.55. The van der Waals surface area contributed by atoms with Crippen LogP contribution in [0.25, 0.3) is 0 Å². The lowest BCUT2D eigenvalue weighted by atomic mass is 9.75. The van der Waals surface area contributed by atoms with Crippen molar-refractivity contribution in [1.82, 2.24) is 4.90 Å². The summed E-state index contributed by atoms with van der Waals surface area (Å²) in [6.07, 6.45) is 3.01. The normalized spacial score (nSPS) is 16.4. The fourth-order valence-electron chi connectivity index (χ4n) is 3.13. The van der Waals surface area contributed by atoms with Gasteiger partial charge in [0.1, 0.15) is 5.82 Å². The summed E-state index contributed by atoms with van der Waals surface area (Å²) in [7, 11) is 4.15. The van der Waals surface area contributed by atoms with E-state index in [2.05, 4.69) is 39.8 Å². The molecule has 114 valence electrons. The Morgan fingerprint density at radius 2 is 1.75 bits per heavy atom. The molecule has 1 rings (SSSR count). The van der Waals surface area contributed by atoms with Crippen LogP contribution in [0.4, 0.5) is 4.39 Å². The summed E-state index contributed by atoms with van der Waals surface area (Å²) in [5.41, 5.74) is 7.42. The molecule has 1 aromatic carbocycles. The Kier molecular flexibility index (Phi) is 6.15. The molecule has 0 fully saturated rings. The van der Waals surface area contributed by atoms with Gasteiger partial charge >= 0.3 is 0 Å². The highest BCUT2D eigenvalue weighted by atomic mass is 19.1. The van der Waals surface area contributed by atoms with Crippen molar-refractivity contribution in [2.75, 3.05) is 14.1 Å². The molecule has 1 aromatic rings. The molecule has 3 heteroatoms. The molecule has 0 saturated carbocycles. The summed E-state index contributed by atoms with van der Waals surface area (Å²) >= 11 is 0. The largest absolute Gasteiger partial charge is 0.320 e. The third-order valence-electron chi connectivity index (χ3n) is 3.91. The fraction of sp³-hybridized carbons (Fsp3) is 0.647. The molecule has 2 N–H and O–H groups in total. The fourth-order valence-corrected chi connectivity index (χ4v) is 3.13. The number of hydrogen-bond donors (Lipinski definition) is 1. The zero-order valence-corrected chi connectivity index (χ0v) is 13.5. The van der Waals surface area contributed by atoms with Crippen LogP contribution in [0, 0.1) is 11.7 Å². The van der Waals surface area contributed by atoms with Gasteiger partial charge in [0.05, 0.1) is 5.54 Å². The van der Waals surface area contributed by atoms with Crippen LogP contribution in [0.15, 0.2) is 24.3 Å². The van der Waals surface area contributed by atoms with Crippen LogP contribution in [0.1, 0.15) is 45.6 Å². The Labute approximate surface area is 123 Å². The molecule has 0 bridgehead atoms. The molecule has 0 heterocycles. The van der Waals surface area contributed by atoms with Crippen molar-refractivity contribution in [1.29, 1.82) is 0 Å². The number of nitrogens with zero attached hydrogens (tertiary/aromatic N) is 1. The third kappa shape index (κ3) is 4.03. The maximum atomic E-state index is 13.2. The van der Waals surface area contributed by atoms with Crippen molar-refractivity contribution in [3.05, 3.63) is 35.6 Å². The van der Waals surface area contributed by atoms with Gasteiger partial charge in [0.2, 0.25) is 0 Å². The summed E-state index contributed by atoms with van der Waals surface area (Å²) in [4.78, 5) is 2.20. The molecule has 0 aliphatic heterocycles. The van der Waals surface area contributed by atoms with Gasteiger partial charge in [-0.3, -0.25) is 0 Å². The number of rotatable bonds is 7. The van der Waals surface area contributed by atoms with Gasteiger partial charge < -0.3 is 10.6 Å². The van der Waals surface area contributed by atoms with E-state index >= 15 is 0 Å². The average Bonchev–Trinajstić information content (AvgIpc) is 2.35. The first-order chi connectivity index (χ1) is 9.31. The number of nitrogens with two attached hydrogens (primary N) is 1. The highest BCUT2D eigenvalue weighted by Crippen LogP contribution is 2.34. The minimum atomic E-state index is -0.443. The second kappa shape index (κ2) is 7.19. The molecule has 2 unspecified atom stereocenters. The van der Waals surface area contributed by atoms with Crippen molar-refractivity contribution in [3.8, 4) is 0 Å². The predicted molar refractivity (Wildman–Crippen MR) is 84.1 cm³/mol. The summed E-state index contributed by atoms with van der Waals surface area (Å²) < 4.78 is 13.2. The number of halogens is 1. The van der Waals surface area contributed by atoms with E-state index in [1.807, 2.05) is 12.1 Å². The molecule has 0 radical (unpaired) electrons.